The third kappa shape index (κ3) is 10.4. The minimum atomic E-state index is 0.689. The van der Waals surface area contributed by atoms with Crippen molar-refractivity contribution in [2.45, 2.75) is 19.9 Å². The summed E-state index contributed by atoms with van der Waals surface area (Å²) in [6.07, 6.45) is 0. The first kappa shape index (κ1) is 15.8. The van der Waals surface area contributed by atoms with Crippen molar-refractivity contribution in [2.24, 2.45) is 0 Å². The lowest BCUT2D eigenvalue weighted by Gasteiger charge is -2.28. The maximum atomic E-state index is 3.37. The van der Waals surface area contributed by atoms with Gasteiger partial charge in [0, 0.05) is 38.8 Å². The topological polar surface area (TPSA) is 30.5 Å². The van der Waals surface area contributed by atoms with Crippen molar-refractivity contribution < 1.29 is 0 Å². The SMILES string of the molecule is CC1CN(C)CCN1.CCNCCN(C)C. The molecule has 1 aliphatic rings. The van der Waals surface area contributed by atoms with Crippen LogP contribution in [0.25, 0.3) is 0 Å². The Bertz CT molecular complexity index is 142. The fourth-order valence-corrected chi connectivity index (χ4v) is 1.60. The van der Waals surface area contributed by atoms with E-state index in [1.54, 1.807) is 0 Å². The average Bonchev–Trinajstić information content (AvgIpc) is 2.18. The molecule has 16 heavy (non-hydrogen) atoms. The van der Waals surface area contributed by atoms with Crippen molar-refractivity contribution in [3.8, 4) is 0 Å². The second-order valence-corrected chi connectivity index (χ2v) is 4.77. The summed E-state index contributed by atoms with van der Waals surface area (Å²) in [7, 11) is 6.33. The highest BCUT2D eigenvalue weighted by Gasteiger charge is 2.09. The van der Waals surface area contributed by atoms with Crippen LogP contribution in [0.15, 0.2) is 0 Å². The van der Waals surface area contributed by atoms with Crippen LogP contribution in [0, 0.1) is 0 Å². The average molecular weight is 230 g/mol. The Morgan fingerprint density at radius 1 is 1.44 bits per heavy atom. The summed E-state index contributed by atoms with van der Waals surface area (Å²) < 4.78 is 0. The van der Waals surface area contributed by atoms with Crippen LogP contribution in [0.4, 0.5) is 0 Å². The molecule has 1 atom stereocenters. The molecule has 0 saturated carbocycles. The number of likely N-dealkylation sites (N-methyl/N-ethyl adjacent to an activating group) is 3. The van der Waals surface area contributed by atoms with Crippen LogP contribution in [-0.4, -0.2) is 76.3 Å². The van der Waals surface area contributed by atoms with E-state index in [2.05, 4.69) is 55.4 Å². The van der Waals surface area contributed by atoms with Crippen molar-refractivity contribution in [2.75, 3.05) is 60.4 Å². The van der Waals surface area contributed by atoms with Crippen LogP contribution in [0.1, 0.15) is 13.8 Å². The molecule has 1 heterocycles. The third-order valence-corrected chi connectivity index (χ3v) is 2.56. The van der Waals surface area contributed by atoms with E-state index in [9.17, 15) is 0 Å². The Labute approximate surface area is 101 Å². The quantitative estimate of drug-likeness (QED) is 0.669. The molecule has 4 nitrogen and oxygen atoms in total. The van der Waals surface area contributed by atoms with Gasteiger partial charge in [0.1, 0.15) is 0 Å². The summed E-state index contributed by atoms with van der Waals surface area (Å²) in [5, 5.41) is 6.61. The maximum Gasteiger partial charge on any atom is 0.0167 e. The molecule has 98 valence electrons. The summed E-state index contributed by atoms with van der Waals surface area (Å²) in [4.78, 5) is 4.52. The third-order valence-electron chi connectivity index (χ3n) is 2.56. The molecule has 1 rings (SSSR count). The summed E-state index contributed by atoms with van der Waals surface area (Å²) >= 11 is 0. The van der Waals surface area contributed by atoms with Gasteiger partial charge in [0.05, 0.1) is 0 Å². The Morgan fingerprint density at radius 2 is 2.12 bits per heavy atom. The van der Waals surface area contributed by atoms with Crippen molar-refractivity contribution >= 4 is 0 Å². The van der Waals surface area contributed by atoms with Crippen LogP contribution in [0.2, 0.25) is 0 Å². The van der Waals surface area contributed by atoms with Crippen LogP contribution in [-0.2, 0) is 0 Å². The molecule has 1 fully saturated rings. The zero-order valence-corrected chi connectivity index (χ0v) is 11.7. The van der Waals surface area contributed by atoms with E-state index in [0.717, 1.165) is 26.2 Å². The zero-order chi connectivity index (χ0) is 12.4. The van der Waals surface area contributed by atoms with Gasteiger partial charge in [-0.25, -0.2) is 0 Å². The lowest BCUT2D eigenvalue weighted by atomic mass is 10.2. The van der Waals surface area contributed by atoms with Gasteiger partial charge in [0.15, 0.2) is 0 Å². The van der Waals surface area contributed by atoms with Crippen LogP contribution in [0.3, 0.4) is 0 Å². The highest BCUT2D eigenvalue weighted by Crippen LogP contribution is 1.92. The Morgan fingerprint density at radius 3 is 2.50 bits per heavy atom. The normalized spacial score (nSPS) is 21.8. The van der Waals surface area contributed by atoms with E-state index in [0.29, 0.717) is 6.04 Å². The molecule has 0 bridgehead atoms. The predicted molar refractivity (Wildman–Crippen MR) is 72.1 cm³/mol. The van der Waals surface area contributed by atoms with E-state index in [1.165, 1.54) is 13.1 Å². The maximum absolute atomic E-state index is 3.37. The van der Waals surface area contributed by atoms with Gasteiger partial charge < -0.3 is 20.4 Å². The van der Waals surface area contributed by atoms with Gasteiger partial charge in [-0.1, -0.05) is 6.92 Å². The number of nitrogens with one attached hydrogen (secondary N) is 2. The standard InChI is InChI=1S/C6H14N2.C6H16N2/c1-6-5-8(2)4-3-7-6;1-4-7-5-6-8(2)3/h6-7H,3-5H2,1-2H3;7H,4-6H2,1-3H3. The van der Waals surface area contributed by atoms with Gasteiger partial charge in [-0.3, -0.25) is 0 Å². The lowest BCUT2D eigenvalue weighted by molar-refractivity contribution is 0.248. The smallest absolute Gasteiger partial charge is 0.0167 e. The molecule has 0 aromatic carbocycles. The minimum Gasteiger partial charge on any atom is -0.316 e. The van der Waals surface area contributed by atoms with E-state index in [1.807, 2.05) is 0 Å². The molecule has 2 N–H and O–H groups in total. The number of hydrogen-bond donors (Lipinski definition) is 2. The van der Waals surface area contributed by atoms with Crippen molar-refractivity contribution in [3.63, 3.8) is 0 Å². The number of piperazine rings is 1. The van der Waals surface area contributed by atoms with Gasteiger partial charge >= 0.3 is 0 Å². The summed E-state index contributed by atoms with van der Waals surface area (Å²) in [6.45, 7) is 11.2. The molecule has 0 aromatic rings. The number of hydrogen-bond acceptors (Lipinski definition) is 4. The highest BCUT2D eigenvalue weighted by molar-refractivity contribution is 4.71. The van der Waals surface area contributed by atoms with Crippen LogP contribution >= 0.6 is 0 Å². The summed E-state index contributed by atoms with van der Waals surface area (Å²) in [5.41, 5.74) is 0. The molecule has 4 heteroatoms. The van der Waals surface area contributed by atoms with E-state index >= 15 is 0 Å². The predicted octanol–water partition coefficient (Wildman–Crippen LogP) is 0.0674. The molecule has 0 aliphatic carbocycles. The monoisotopic (exact) mass is 230 g/mol. The van der Waals surface area contributed by atoms with Gasteiger partial charge in [-0.15, -0.1) is 0 Å². The summed E-state index contributed by atoms with van der Waals surface area (Å²) in [6, 6.07) is 0.689. The largest absolute Gasteiger partial charge is 0.316 e. The molecular weight excluding hydrogens is 200 g/mol. The molecule has 0 amide bonds. The molecule has 0 aromatic heterocycles. The van der Waals surface area contributed by atoms with Gasteiger partial charge in [-0.05, 0) is 34.6 Å². The molecule has 1 unspecified atom stereocenters. The zero-order valence-electron chi connectivity index (χ0n) is 11.7. The number of nitrogens with zero attached hydrogens (tertiary/aromatic N) is 2. The molecule has 1 saturated heterocycles. The second-order valence-electron chi connectivity index (χ2n) is 4.77. The highest BCUT2D eigenvalue weighted by atomic mass is 15.2. The fraction of sp³-hybridized carbons (Fsp3) is 1.00. The molecule has 0 radical (unpaired) electrons. The molecular formula is C12H30N4. The summed E-state index contributed by atoms with van der Waals surface area (Å²) in [5.74, 6) is 0. The fourth-order valence-electron chi connectivity index (χ4n) is 1.60. The number of rotatable bonds is 4. The first-order chi connectivity index (χ1) is 7.56. The Balaban J connectivity index is 0.000000281. The Hall–Kier alpha value is -0.160. The van der Waals surface area contributed by atoms with Crippen LogP contribution < -0.4 is 10.6 Å². The minimum absolute atomic E-state index is 0.689. The van der Waals surface area contributed by atoms with Crippen molar-refractivity contribution in [1.29, 1.82) is 0 Å². The van der Waals surface area contributed by atoms with E-state index < -0.39 is 0 Å². The van der Waals surface area contributed by atoms with Gasteiger partial charge in [0.2, 0.25) is 0 Å². The van der Waals surface area contributed by atoms with Gasteiger partial charge in [0.25, 0.3) is 0 Å². The lowest BCUT2D eigenvalue weighted by Crippen LogP contribution is -2.47. The first-order valence-electron chi connectivity index (χ1n) is 6.33. The van der Waals surface area contributed by atoms with E-state index in [4.69, 9.17) is 0 Å². The van der Waals surface area contributed by atoms with Crippen molar-refractivity contribution in [1.82, 2.24) is 20.4 Å². The second kappa shape index (κ2) is 10.0. The van der Waals surface area contributed by atoms with Crippen molar-refractivity contribution in [3.05, 3.63) is 0 Å². The van der Waals surface area contributed by atoms with Gasteiger partial charge in [-0.2, -0.15) is 0 Å². The molecule has 1 aliphatic heterocycles. The first-order valence-corrected chi connectivity index (χ1v) is 6.33. The Kier molecular flexibility index (Phi) is 9.92. The van der Waals surface area contributed by atoms with E-state index in [-0.39, 0.29) is 0 Å². The van der Waals surface area contributed by atoms with Crippen LogP contribution in [0.5, 0.6) is 0 Å². The molecule has 0 spiro atoms.